The van der Waals surface area contributed by atoms with Crippen molar-refractivity contribution in [3.8, 4) is 5.75 Å². The molecule has 11 heavy (non-hydrogen) atoms. The van der Waals surface area contributed by atoms with Crippen LogP contribution >= 0.6 is 0 Å². The van der Waals surface area contributed by atoms with E-state index in [-0.39, 0.29) is 18.9 Å². The van der Waals surface area contributed by atoms with Crippen molar-refractivity contribution >= 4 is 0 Å². The van der Waals surface area contributed by atoms with Crippen molar-refractivity contribution in [2.75, 3.05) is 6.61 Å². The molecule has 0 fully saturated rings. The van der Waals surface area contributed by atoms with Crippen LogP contribution in [0.1, 0.15) is 12.6 Å². The van der Waals surface area contributed by atoms with Crippen LogP contribution in [0.3, 0.4) is 0 Å². The van der Waals surface area contributed by atoms with Crippen molar-refractivity contribution in [3.05, 3.63) is 30.9 Å². The average molecular weight is 143 g/mol. The summed E-state index contributed by atoms with van der Waals surface area (Å²) in [6.45, 7) is 6.28. The smallest absolute Gasteiger partial charge is 0.494 e. The van der Waals surface area contributed by atoms with Crippen LogP contribution in [0.25, 0.3) is 0 Å². The van der Waals surface area contributed by atoms with Gasteiger partial charge in [0.25, 0.3) is 0 Å². The third-order valence-electron chi connectivity index (χ3n) is 1.11. The summed E-state index contributed by atoms with van der Waals surface area (Å²) < 4.78 is 5.17. The fourth-order valence-corrected chi connectivity index (χ4v) is 0.663. The second-order valence-corrected chi connectivity index (χ2v) is 1.92. The molecule has 1 aromatic heterocycles. The Morgan fingerprint density at radius 1 is 1.55 bits per heavy atom. The van der Waals surface area contributed by atoms with Crippen LogP contribution in [-0.2, 0) is 0 Å². The molecule has 1 aromatic rings. The van der Waals surface area contributed by atoms with Gasteiger partial charge in [0.2, 0.25) is 0 Å². The van der Waals surface area contributed by atoms with Gasteiger partial charge in [-0.25, -0.2) is 6.92 Å². The topological polar surface area (TPSA) is 22.1 Å². The van der Waals surface area contributed by atoms with E-state index in [9.17, 15) is 0 Å². The summed E-state index contributed by atoms with van der Waals surface area (Å²) in [7, 11) is 0. The molecule has 1 rings (SSSR count). The van der Waals surface area contributed by atoms with Gasteiger partial charge >= 0.3 is 18.9 Å². The first-order valence-electron chi connectivity index (χ1n) is 3.23. The number of nitrogens with zero attached hydrogens (tertiary/aromatic N) is 1. The fraction of sp³-hybridized carbons (Fsp3) is 0.250. The SMILES string of the molecule is [CH2-]c1ccc(OCC)cn1.[Li+]. The van der Waals surface area contributed by atoms with Gasteiger partial charge in [-0.1, -0.05) is 6.07 Å². The van der Waals surface area contributed by atoms with Gasteiger partial charge in [0.05, 0.1) is 12.8 Å². The molecule has 0 aliphatic heterocycles. The summed E-state index contributed by atoms with van der Waals surface area (Å²) in [6, 6.07) is 3.68. The van der Waals surface area contributed by atoms with Gasteiger partial charge in [-0.15, -0.1) is 5.69 Å². The van der Waals surface area contributed by atoms with E-state index in [1.54, 1.807) is 6.20 Å². The van der Waals surface area contributed by atoms with Crippen LogP contribution in [0.15, 0.2) is 18.3 Å². The zero-order valence-corrected chi connectivity index (χ0v) is 7.00. The Kier molecular flexibility index (Phi) is 4.85. The van der Waals surface area contributed by atoms with Gasteiger partial charge in [0, 0.05) is 0 Å². The quantitative estimate of drug-likeness (QED) is 0.378. The number of hydrogen-bond donors (Lipinski definition) is 0. The molecule has 0 saturated carbocycles. The number of rotatable bonds is 2. The Balaban J connectivity index is 0.000001000. The van der Waals surface area contributed by atoms with Crippen molar-refractivity contribution < 1.29 is 23.6 Å². The molecule has 0 saturated heterocycles. The molecule has 54 valence electrons. The minimum absolute atomic E-state index is 0. The van der Waals surface area contributed by atoms with Crippen molar-refractivity contribution in [2.45, 2.75) is 6.92 Å². The van der Waals surface area contributed by atoms with E-state index in [4.69, 9.17) is 4.74 Å². The Bertz CT molecular complexity index is 198. The molecule has 0 radical (unpaired) electrons. The van der Waals surface area contributed by atoms with E-state index in [1.807, 2.05) is 19.1 Å². The number of pyridine rings is 1. The third-order valence-corrected chi connectivity index (χ3v) is 1.11. The predicted molar refractivity (Wildman–Crippen MR) is 39.9 cm³/mol. The first-order valence-corrected chi connectivity index (χ1v) is 3.23. The molecular weight excluding hydrogens is 133 g/mol. The summed E-state index contributed by atoms with van der Waals surface area (Å²) in [5.41, 5.74) is 0.767. The van der Waals surface area contributed by atoms with Crippen LogP contribution in [0.2, 0.25) is 0 Å². The first kappa shape index (κ1) is 10.4. The monoisotopic (exact) mass is 143 g/mol. The van der Waals surface area contributed by atoms with Gasteiger partial charge in [0.15, 0.2) is 0 Å². The van der Waals surface area contributed by atoms with Gasteiger partial charge in [0.1, 0.15) is 5.75 Å². The molecule has 1 heterocycles. The van der Waals surface area contributed by atoms with Crippen molar-refractivity contribution in [1.29, 1.82) is 0 Å². The van der Waals surface area contributed by atoms with E-state index >= 15 is 0 Å². The van der Waals surface area contributed by atoms with Gasteiger partial charge < -0.3 is 4.74 Å². The van der Waals surface area contributed by atoms with Crippen LogP contribution < -0.4 is 23.6 Å². The number of aromatic nitrogens is 1. The standard InChI is InChI=1S/C8H10NO.Li/c1-3-10-8-5-4-7(2)9-6-8;/h4-6H,2-3H2,1H3;/q-1;+1. The normalized spacial score (nSPS) is 8.45. The zero-order valence-electron chi connectivity index (χ0n) is 7.00. The molecule has 3 heteroatoms. The Morgan fingerprint density at radius 2 is 2.27 bits per heavy atom. The van der Waals surface area contributed by atoms with E-state index in [0.717, 1.165) is 11.4 Å². The zero-order chi connectivity index (χ0) is 7.40. The maximum atomic E-state index is 5.17. The van der Waals surface area contributed by atoms with Gasteiger partial charge in [-0.3, -0.25) is 4.98 Å². The van der Waals surface area contributed by atoms with Gasteiger partial charge in [-0.2, -0.15) is 6.07 Å². The summed E-state index contributed by atoms with van der Waals surface area (Å²) in [6.07, 6.45) is 1.67. The van der Waals surface area contributed by atoms with Crippen LogP contribution in [0.4, 0.5) is 0 Å². The fourth-order valence-electron chi connectivity index (χ4n) is 0.663. The molecule has 0 atom stereocenters. The maximum Gasteiger partial charge on any atom is 1.00 e. The summed E-state index contributed by atoms with van der Waals surface area (Å²) in [5, 5.41) is 0. The minimum atomic E-state index is 0. The minimum Gasteiger partial charge on any atom is -0.494 e. The van der Waals surface area contributed by atoms with Gasteiger partial charge in [-0.05, 0) is 6.92 Å². The molecule has 0 aliphatic rings. The Morgan fingerprint density at radius 3 is 2.73 bits per heavy atom. The Labute approximate surface area is 79.2 Å². The molecule has 0 unspecified atom stereocenters. The summed E-state index contributed by atoms with van der Waals surface area (Å²) in [5.74, 6) is 0.801. The largest absolute Gasteiger partial charge is 1.00 e. The van der Waals surface area contributed by atoms with E-state index in [0.29, 0.717) is 6.61 Å². The number of hydrogen-bond acceptors (Lipinski definition) is 2. The molecule has 0 aliphatic carbocycles. The average Bonchev–Trinajstić information content (AvgIpc) is 1.95. The van der Waals surface area contributed by atoms with Crippen molar-refractivity contribution in [3.63, 3.8) is 0 Å². The molecule has 0 bridgehead atoms. The third kappa shape index (κ3) is 3.36. The van der Waals surface area contributed by atoms with E-state index in [2.05, 4.69) is 11.9 Å². The second-order valence-electron chi connectivity index (χ2n) is 1.92. The second kappa shape index (κ2) is 5.12. The first-order chi connectivity index (χ1) is 4.83. The van der Waals surface area contributed by atoms with Crippen LogP contribution in [0, 0.1) is 6.92 Å². The predicted octanol–water partition coefficient (Wildman–Crippen LogP) is -1.33. The maximum absolute atomic E-state index is 5.17. The summed E-state index contributed by atoms with van der Waals surface area (Å²) in [4.78, 5) is 3.96. The molecular formula is C8H10LiNO. The van der Waals surface area contributed by atoms with E-state index in [1.165, 1.54) is 0 Å². The number of ether oxygens (including phenoxy) is 1. The Hall–Kier alpha value is -0.583. The molecule has 0 amide bonds. The van der Waals surface area contributed by atoms with Crippen LogP contribution in [-0.4, -0.2) is 11.6 Å². The van der Waals surface area contributed by atoms with Crippen molar-refractivity contribution in [2.24, 2.45) is 0 Å². The molecule has 0 N–H and O–H groups in total. The molecule has 0 aromatic carbocycles. The molecule has 2 nitrogen and oxygen atoms in total. The summed E-state index contributed by atoms with van der Waals surface area (Å²) >= 11 is 0. The van der Waals surface area contributed by atoms with Crippen molar-refractivity contribution in [1.82, 2.24) is 4.98 Å². The van der Waals surface area contributed by atoms with Crippen LogP contribution in [0.5, 0.6) is 5.75 Å². The molecule has 0 spiro atoms. The van der Waals surface area contributed by atoms with E-state index < -0.39 is 0 Å².